The van der Waals surface area contributed by atoms with Crippen LogP contribution in [0.1, 0.15) is 21.5 Å². The summed E-state index contributed by atoms with van der Waals surface area (Å²) in [7, 11) is 0. The molecule has 0 saturated heterocycles. The molecule has 0 aliphatic heterocycles. The predicted molar refractivity (Wildman–Crippen MR) is 70.9 cm³/mol. The Hall–Kier alpha value is -2.73. The fraction of sp³-hybridized carbons (Fsp3) is 0. The van der Waals surface area contributed by atoms with Crippen LogP contribution in [0.3, 0.4) is 0 Å². The molecule has 2 rings (SSSR count). The Morgan fingerprint density at radius 2 is 1.89 bits per heavy atom. The lowest BCUT2D eigenvalue weighted by Gasteiger charge is -1.96. The largest absolute Gasteiger partial charge is 0.289 e. The third-order valence-electron chi connectivity index (χ3n) is 2.57. The fourth-order valence-corrected chi connectivity index (χ4v) is 1.59. The molecule has 19 heavy (non-hydrogen) atoms. The van der Waals surface area contributed by atoms with Crippen molar-refractivity contribution in [1.29, 1.82) is 5.26 Å². The third kappa shape index (κ3) is 3.36. The van der Waals surface area contributed by atoms with Gasteiger partial charge in [-0.25, -0.2) is 4.39 Å². The van der Waals surface area contributed by atoms with E-state index in [0.29, 0.717) is 16.7 Å². The number of hydrogen-bond donors (Lipinski definition) is 0. The van der Waals surface area contributed by atoms with E-state index in [1.54, 1.807) is 42.5 Å². The van der Waals surface area contributed by atoms with Crippen LogP contribution in [0.25, 0.3) is 6.08 Å². The van der Waals surface area contributed by atoms with Crippen molar-refractivity contribution in [2.24, 2.45) is 0 Å². The summed E-state index contributed by atoms with van der Waals surface area (Å²) < 4.78 is 12.9. The maximum absolute atomic E-state index is 12.9. The van der Waals surface area contributed by atoms with E-state index in [-0.39, 0.29) is 11.6 Å². The van der Waals surface area contributed by atoms with E-state index in [1.165, 1.54) is 18.2 Å². The number of hydrogen-bond acceptors (Lipinski definition) is 2. The molecule has 0 aromatic heterocycles. The van der Waals surface area contributed by atoms with Gasteiger partial charge in [-0.3, -0.25) is 4.79 Å². The Balaban J connectivity index is 2.14. The number of rotatable bonds is 3. The molecule has 2 aromatic carbocycles. The second-order valence-electron chi connectivity index (χ2n) is 3.94. The number of ketones is 1. The smallest absolute Gasteiger partial charge is 0.185 e. The zero-order valence-electron chi connectivity index (χ0n) is 10.0. The first-order chi connectivity index (χ1) is 9.19. The molecule has 2 nitrogen and oxygen atoms in total. The molecule has 92 valence electrons. The lowest BCUT2D eigenvalue weighted by Crippen LogP contribution is -1.93. The second-order valence-corrected chi connectivity index (χ2v) is 3.94. The van der Waals surface area contributed by atoms with Gasteiger partial charge in [0.15, 0.2) is 5.78 Å². The van der Waals surface area contributed by atoms with Gasteiger partial charge in [0.25, 0.3) is 0 Å². The summed E-state index contributed by atoms with van der Waals surface area (Å²) in [4.78, 5) is 11.8. The highest BCUT2D eigenvalue weighted by Gasteiger charge is 2.01. The van der Waals surface area contributed by atoms with Gasteiger partial charge in [0.1, 0.15) is 5.82 Å². The zero-order valence-corrected chi connectivity index (χ0v) is 10.0. The van der Waals surface area contributed by atoms with Crippen molar-refractivity contribution in [1.82, 2.24) is 0 Å². The van der Waals surface area contributed by atoms with Gasteiger partial charge in [-0.2, -0.15) is 5.26 Å². The van der Waals surface area contributed by atoms with E-state index < -0.39 is 0 Å². The van der Waals surface area contributed by atoms with Crippen LogP contribution in [-0.4, -0.2) is 5.78 Å². The van der Waals surface area contributed by atoms with Crippen LogP contribution in [0, 0.1) is 17.1 Å². The summed E-state index contributed by atoms with van der Waals surface area (Å²) in [6.45, 7) is 0. The molecule has 0 aliphatic rings. The minimum Gasteiger partial charge on any atom is -0.289 e. The Kier molecular flexibility index (Phi) is 3.84. The van der Waals surface area contributed by atoms with Gasteiger partial charge in [-0.1, -0.05) is 18.2 Å². The van der Waals surface area contributed by atoms with Gasteiger partial charge >= 0.3 is 0 Å². The fourth-order valence-electron chi connectivity index (χ4n) is 1.59. The van der Waals surface area contributed by atoms with Crippen LogP contribution in [-0.2, 0) is 0 Å². The van der Waals surface area contributed by atoms with Crippen LogP contribution in [0.2, 0.25) is 0 Å². The summed E-state index contributed by atoms with van der Waals surface area (Å²) in [6.07, 6.45) is 2.94. The lowest BCUT2D eigenvalue weighted by molar-refractivity contribution is 0.104. The molecule has 0 spiro atoms. The Bertz CT molecular complexity index is 666. The first-order valence-electron chi connectivity index (χ1n) is 5.67. The second kappa shape index (κ2) is 5.74. The average Bonchev–Trinajstić information content (AvgIpc) is 2.45. The molecule has 0 bridgehead atoms. The van der Waals surface area contributed by atoms with Gasteiger partial charge in [0, 0.05) is 5.56 Å². The minimum atomic E-state index is -0.340. The topological polar surface area (TPSA) is 40.9 Å². The summed E-state index contributed by atoms with van der Waals surface area (Å²) in [5.41, 5.74) is 1.62. The zero-order chi connectivity index (χ0) is 13.7. The monoisotopic (exact) mass is 251 g/mol. The number of carbonyl (C=O) groups excluding carboxylic acids is 1. The Morgan fingerprint density at radius 3 is 2.53 bits per heavy atom. The minimum absolute atomic E-state index is 0.186. The van der Waals surface area contributed by atoms with Crippen LogP contribution in [0.5, 0.6) is 0 Å². The van der Waals surface area contributed by atoms with Crippen molar-refractivity contribution in [2.45, 2.75) is 0 Å². The van der Waals surface area contributed by atoms with Crippen molar-refractivity contribution >= 4 is 11.9 Å². The number of allylic oxidation sites excluding steroid dienone is 1. The van der Waals surface area contributed by atoms with Crippen LogP contribution in [0.15, 0.2) is 54.6 Å². The van der Waals surface area contributed by atoms with E-state index in [9.17, 15) is 9.18 Å². The van der Waals surface area contributed by atoms with E-state index in [1.807, 2.05) is 6.07 Å². The maximum atomic E-state index is 12.9. The van der Waals surface area contributed by atoms with Gasteiger partial charge in [0.2, 0.25) is 0 Å². The van der Waals surface area contributed by atoms with Gasteiger partial charge in [-0.15, -0.1) is 0 Å². The quantitative estimate of drug-likeness (QED) is 0.617. The number of nitriles is 1. The molecule has 0 heterocycles. The standard InChI is InChI=1S/C16H10FNO/c17-15-3-1-2-12(10-15)6-9-16(19)14-7-4-13(11-18)5-8-14/h1-10H/b9-6+. The van der Waals surface area contributed by atoms with Gasteiger partial charge < -0.3 is 0 Å². The van der Waals surface area contributed by atoms with Crippen LogP contribution in [0.4, 0.5) is 4.39 Å². The van der Waals surface area contributed by atoms with Gasteiger partial charge in [0.05, 0.1) is 11.6 Å². The first-order valence-corrected chi connectivity index (χ1v) is 5.67. The molecule has 0 atom stereocenters. The molecule has 0 radical (unpaired) electrons. The molecule has 0 unspecified atom stereocenters. The van der Waals surface area contributed by atoms with Crippen molar-refractivity contribution in [2.75, 3.05) is 0 Å². The Morgan fingerprint density at radius 1 is 1.16 bits per heavy atom. The summed E-state index contributed by atoms with van der Waals surface area (Å²) >= 11 is 0. The molecule has 3 heteroatoms. The first kappa shape index (κ1) is 12.7. The van der Waals surface area contributed by atoms with E-state index in [0.717, 1.165) is 0 Å². The molecule has 0 fully saturated rings. The summed E-state index contributed by atoms with van der Waals surface area (Å²) in [5, 5.41) is 8.66. The average molecular weight is 251 g/mol. The molecule has 0 aliphatic carbocycles. The van der Waals surface area contributed by atoms with E-state index in [2.05, 4.69) is 0 Å². The molecule has 2 aromatic rings. The van der Waals surface area contributed by atoms with E-state index in [4.69, 9.17) is 5.26 Å². The SMILES string of the molecule is N#Cc1ccc(C(=O)/C=C/c2cccc(F)c2)cc1. The Labute approximate surface area is 110 Å². The number of halogens is 1. The number of benzene rings is 2. The highest BCUT2D eigenvalue weighted by molar-refractivity contribution is 6.06. The van der Waals surface area contributed by atoms with Crippen molar-refractivity contribution in [3.05, 3.63) is 77.1 Å². The van der Waals surface area contributed by atoms with Crippen LogP contribution < -0.4 is 0 Å². The molecule has 0 N–H and O–H groups in total. The highest BCUT2D eigenvalue weighted by Crippen LogP contribution is 2.08. The number of carbonyl (C=O) groups is 1. The molecule has 0 amide bonds. The molecular weight excluding hydrogens is 241 g/mol. The highest BCUT2D eigenvalue weighted by atomic mass is 19.1. The van der Waals surface area contributed by atoms with Gasteiger partial charge in [-0.05, 0) is 48.0 Å². The summed E-state index contributed by atoms with van der Waals surface area (Å²) in [6, 6.07) is 14.3. The van der Waals surface area contributed by atoms with Crippen molar-refractivity contribution < 1.29 is 9.18 Å². The maximum Gasteiger partial charge on any atom is 0.185 e. The normalized spacial score (nSPS) is 10.3. The van der Waals surface area contributed by atoms with E-state index >= 15 is 0 Å². The van der Waals surface area contributed by atoms with Crippen LogP contribution >= 0.6 is 0 Å². The third-order valence-corrected chi connectivity index (χ3v) is 2.57. The van der Waals surface area contributed by atoms with Crippen molar-refractivity contribution in [3.63, 3.8) is 0 Å². The molecule has 0 saturated carbocycles. The lowest BCUT2D eigenvalue weighted by atomic mass is 10.1. The van der Waals surface area contributed by atoms with Crippen molar-refractivity contribution in [3.8, 4) is 6.07 Å². The molecular formula is C16H10FNO. The predicted octanol–water partition coefficient (Wildman–Crippen LogP) is 3.59. The summed E-state index contributed by atoms with van der Waals surface area (Å²) in [5.74, 6) is -0.526. The number of nitrogens with zero attached hydrogens (tertiary/aromatic N) is 1.